The Morgan fingerprint density at radius 1 is 1.22 bits per heavy atom. The van der Waals surface area contributed by atoms with Gasteiger partial charge in [-0.2, -0.15) is 5.26 Å². The normalized spacial score (nSPS) is 25.8. The maximum absolute atomic E-state index is 12.6. The van der Waals surface area contributed by atoms with E-state index >= 15 is 0 Å². The molecule has 0 aromatic carbocycles. The van der Waals surface area contributed by atoms with Crippen LogP contribution in [0, 0.1) is 23.7 Å². The van der Waals surface area contributed by atoms with Crippen LogP contribution in [0.1, 0.15) is 43.4 Å². The molecule has 4 heterocycles. The number of nitrogens with zero attached hydrogens (tertiary/aromatic N) is 5. The third-order valence-corrected chi connectivity index (χ3v) is 6.76. The highest BCUT2D eigenvalue weighted by molar-refractivity contribution is 5.77. The molecule has 1 aromatic heterocycles. The summed E-state index contributed by atoms with van der Waals surface area (Å²) in [5, 5.41) is 9.42. The van der Waals surface area contributed by atoms with Crippen LogP contribution in [0.2, 0.25) is 0 Å². The molecule has 4 rings (SSSR count). The van der Waals surface area contributed by atoms with Gasteiger partial charge >= 0.3 is 0 Å². The Kier molecular flexibility index (Phi) is 4.81. The Bertz CT molecular complexity index is 762. The van der Waals surface area contributed by atoms with Gasteiger partial charge in [-0.3, -0.25) is 4.79 Å². The molecule has 0 radical (unpaired) electrons. The molecule has 0 aliphatic carbocycles. The SMILES string of the molecule is Cc1ccc(C#N)c(N2CCC3(CCC(=O)N(C4CCN(C)C4)C3)CC2)n1. The minimum Gasteiger partial charge on any atom is -0.355 e. The third-order valence-electron chi connectivity index (χ3n) is 6.76. The van der Waals surface area contributed by atoms with Gasteiger partial charge in [0.15, 0.2) is 0 Å². The molecule has 1 atom stereocenters. The summed E-state index contributed by atoms with van der Waals surface area (Å²) in [6, 6.07) is 6.45. The molecule has 3 aliphatic heterocycles. The van der Waals surface area contributed by atoms with Crippen molar-refractivity contribution in [1.82, 2.24) is 14.8 Å². The van der Waals surface area contributed by atoms with E-state index in [1.54, 1.807) is 0 Å². The van der Waals surface area contributed by atoms with Crippen molar-refractivity contribution in [3.8, 4) is 6.07 Å². The van der Waals surface area contributed by atoms with E-state index in [4.69, 9.17) is 0 Å². The van der Waals surface area contributed by atoms with Gasteiger partial charge in [0.05, 0.1) is 5.56 Å². The van der Waals surface area contributed by atoms with Crippen LogP contribution in [0.4, 0.5) is 5.82 Å². The molecule has 1 aromatic rings. The summed E-state index contributed by atoms with van der Waals surface area (Å²) in [5.74, 6) is 1.17. The molecule has 0 saturated carbocycles. The zero-order valence-electron chi connectivity index (χ0n) is 16.4. The lowest BCUT2D eigenvalue weighted by Gasteiger charge is -2.49. The largest absolute Gasteiger partial charge is 0.355 e. The van der Waals surface area contributed by atoms with Crippen LogP contribution in [0.3, 0.4) is 0 Å². The van der Waals surface area contributed by atoms with Gasteiger partial charge in [-0.05, 0) is 63.7 Å². The third kappa shape index (κ3) is 3.53. The number of likely N-dealkylation sites (tertiary alicyclic amines) is 2. The zero-order valence-corrected chi connectivity index (χ0v) is 16.4. The number of likely N-dealkylation sites (N-methyl/N-ethyl adjacent to an activating group) is 1. The van der Waals surface area contributed by atoms with Crippen LogP contribution in [-0.4, -0.2) is 66.5 Å². The average Bonchev–Trinajstić information content (AvgIpc) is 3.11. The van der Waals surface area contributed by atoms with Crippen LogP contribution in [0.5, 0.6) is 0 Å². The lowest BCUT2D eigenvalue weighted by atomic mass is 9.72. The fourth-order valence-corrected chi connectivity index (χ4v) is 5.02. The first-order chi connectivity index (χ1) is 13.0. The summed E-state index contributed by atoms with van der Waals surface area (Å²) in [6.45, 7) is 6.80. The number of pyridine rings is 1. The number of aromatic nitrogens is 1. The highest BCUT2D eigenvalue weighted by Crippen LogP contribution is 2.42. The predicted octanol–water partition coefficient (Wildman–Crippen LogP) is 2.17. The summed E-state index contributed by atoms with van der Waals surface area (Å²) < 4.78 is 0. The maximum atomic E-state index is 12.6. The standard InChI is InChI=1S/C21H29N5O/c1-16-3-4-17(13-22)20(23-16)25-11-8-21(9-12-25)7-5-19(27)26(15-21)18-6-10-24(2)14-18/h3-4,18H,5-12,14-15H2,1-2H3. The Morgan fingerprint density at radius 3 is 2.67 bits per heavy atom. The van der Waals surface area contributed by atoms with E-state index < -0.39 is 0 Å². The van der Waals surface area contributed by atoms with Gasteiger partial charge in [0.25, 0.3) is 0 Å². The predicted molar refractivity (Wildman–Crippen MR) is 104 cm³/mol. The van der Waals surface area contributed by atoms with Gasteiger partial charge in [0.1, 0.15) is 11.9 Å². The summed E-state index contributed by atoms with van der Waals surface area (Å²) in [4.78, 5) is 24.0. The van der Waals surface area contributed by atoms with Gasteiger partial charge in [0, 0.05) is 44.3 Å². The second-order valence-corrected chi connectivity index (χ2v) is 8.65. The summed E-state index contributed by atoms with van der Waals surface area (Å²) in [5.41, 5.74) is 1.84. The maximum Gasteiger partial charge on any atom is 0.222 e. The number of hydrogen-bond acceptors (Lipinski definition) is 5. The van der Waals surface area contributed by atoms with Gasteiger partial charge in [-0.25, -0.2) is 4.98 Å². The highest BCUT2D eigenvalue weighted by atomic mass is 16.2. The molecule has 27 heavy (non-hydrogen) atoms. The van der Waals surface area contributed by atoms with Gasteiger partial charge in [-0.1, -0.05) is 0 Å². The topological polar surface area (TPSA) is 63.5 Å². The van der Waals surface area contributed by atoms with Crippen molar-refractivity contribution in [2.24, 2.45) is 5.41 Å². The smallest absolute Gasteiger partial charge is 0.222 e. The second kappa shape index (κ2) is 7.12. The van der Waals surface area contributed by atoms with Crippen molar-refractivity contribution >= 4 is 11.7 Å². The second-order valence-electron chi connectivity index (χ2n) is 8.65. The Labute approximate surface area is 161 Å². The molecule has 3 saturated heterocycles. The number of nitriles is 1. The molecule has 6 heteroatoms. The Hall–Kier alpha value is -2.13. The first-order valence-electron chi connectivity index (χ1n) is 10.1. The molecule has 6 nitrogen and oxygen atoms in total. The Morgan fingerprint density at radius 2 is 2.00 bits per heavy atom. The number of anilines is 1. The van der Waals surface area contributed by atoms with Gasteiger partial charge < -0.3 is 14.7 Å². The van der Waals surface area contributed by atoms with Crippen molar-refractivity contribution in [2.45, 2.75) is 45.1 Å². The number of piperidine rings is 2. The van der Waals surface area contributed by atoms with Crippen molar-refractivity contribution in [1.29, 1.82) is 5.26 Å². The number of amides is 1. The van der Waals surface area contributed by atoms with E-state index in [1.165, 1.54) is 0 Å². The lowest BCUT2D eigenvalue weighted by Crippen LogP contribution is -2.55. The molecular weight excluding hydrogens is 338 g/mol. The number of hydrogen-bond donors (Lipinski definition) is 0. The van der Waals surface area contributed by atoms with Crippen molar-refractivity contribution in [2.75, 3.05) is 44.7 Å². The van der Waals surface area contributed by atoms with E-state index in [1.807, 2.05) is 19.1 Å². The van der Waals surface area contributed by atoms with Gasteiger partial charge in [0.2, 0.25) is 5.91 Å². The Balaban J connectivity index is 1.46. The quantitative estimate of drug-likeness (QED) is 0.802. The first kappa shape index (κ1) is 18.2. The highest BCUT2D eigenvalue weighted by Gasteiger charge is 2.44. The van der Waals surface area contributed by atoms with Crippen LogP contribution < -0.4 is 4.90 Å². The van der Waals surface area contributed by atoms with Crippen molar-refractivity contribution in [3.63, 3.8) is 0 Å². The molecule has 3 fully saturated rings. The molecular formula is C21H29N5O. The number of carbonyl (C=O) groups is 1. The van der Waals surface area contributed by atoms with E-state index in [9.17, 15) is 10.1 Å². The lowest BCUT2D eigenvalue weighted by molar-refractivity contribution is -0.141. The molecule has 1 spiro atoms. The number of carbonyl (C=O) groups excluding carboxylic acids is 1. The van der Waals surface area contributed by atoms with Crippen LogP contribution in [0.15, 0.2) is 12.1 Å². The van der Waals surface area contributed by atoms with Crippen LogP contribution >= 0.6 is 0 Å². The minimum absolute atomic E-state index is 0.238. The van der Waals surface area contributed by atoms with E-state index in [0.717, 1.165) is 69.9 Å². The minimum atomic E-state index is 0.238. The molecule has 1 amide bonds. The molecule has 1 unspecified atom stereocenters. The van der Waals surface area contributed by atoms with Gasteiger partial charge in [-0.15, -0.1) is 0 Å². The average molecular weight is 367 g/mol. The van der Waals surface area contributed by atoms with Crippen LogP contribution in [0.25, 0.3) is 0 Å². The number of aryl methyl sites for hydroxylation is 1. The van der Waals surface area contributed by atoms with Crippen molar-refractivity contribution < 1.29 is 4.79 Å². The monoisotopic (exact) mass is 367 g/mol. The summed E-state index contributed by atoms with van der Waals surface area (Å²) in [6.07, 6.45) is 4.93. The zero-order chi connectivity index (χ0) is 19.0. The summed E-state index contributed by atoms with van der Waals surface area (Å²) >= 11 is 0. The first-order valence-corrected chi connectivity index (χ1v) is 10.1. The van der Waals surface area contributed by atoms with E-state index in [0.29, 0.717) is 23.9 Å². The fourth-order valence-electron chi connectivity index (χ4n) is 5.02. The fraction of sp³-hybridized carbons (Fsp3) is 0.667. The molecule has 0 N–H and O–H groups in total. The number of rotatable bonds is 2. The van der Waals surface area contributed by atoms with E-state index in [-0.39, 0.29) is 5.41 Å². The summed E-state index contributed by atoms with van der Waals surface area (Å²) in [7, 11) is 2.14. The molecule has 3 aliphatic rings. The van der Waals surface area contributed by atoms with Crippen molar-refractivity contribution in [3.05, 3.63) is 23.4 Å². The molecule has 144 valence electrons. The van der Waals surface area contributed by atoms with E-state index in [2.05, 4.69) is 32.8 Å². The van der Waals surface area contributed by atoms with Crippen LogP contribution in [-0.2, 0) is 4.79 Å². The molecule has 0 bridgehead atoms.